The molecule has 0 spiro atoms. The van der Waals surface area contributed by atoms with Crippen molar-refractivity contribution in [2.75, 3.05) is 11.9 Å². The van der Waals surface area contributed by atoms with Gasteiger partial charge >= 0.3 is 0 Å². The third-order valence-corrected chi connectivity index (χ3v) is 3.18. The number of hydrogen-bond acceptors (Lipinski definition) is 3. The van der Waals surface area contributed by atoms with Crippen LogP contribution < -0.4 is 10.1 Å². The number of benzene rings is 2. The van der Waals surface area contributed by atoms with Crippen LogP contribution in [0.5, 0.6) is 5.75 Å². The van der Waals surface area contributed by atoms with Gasteiger partial charge in [-0.05, 0) is 43.2 Å². The Balaban J connectivity index is 2.07. The van der Waals surface area contributed by atoms with Crippen molar-refractivity contribution in [3.05, 3.63) is 59.7 Å². The van der Waals surface area contributed by atoms with Gasteiger partial charge in [0.1, 0.15) is 11.8 Å². The summed E-state index contributed by atoms with van der Waals surface area (Å²) in [4.78, 5) is 0. The Morgan fingerprint density at radius 1 is 1.10 bits per heavy atom. The van der Waals surface area contributed by atoms with Crippen LogP contribution in [0.15, 0.2) is 48.5 Å². The SMILES string of the molecule is CCCOc1ccc(C(C#N)Nc2ccc(C)cc2)cc1. The smallest absolute Gasteiger partial charge is 0.140 e. The molecule has 1 N–H and O–H groups in total. The molecule has 1 atom stereocenters. The summed E-state index contributed by atoms with van der Waals surface area (Å²) in [6.07, 6.45) is 0.984. The molecule has 1 unspecified atom stereocenters. The molecule has 2 aromatic carbocycles. The zero-order chi connectivity index (χ0) is 15.1. The molecule has 0 aliphatic rings. The topological polar surface area (TPSA) is 45.0 Å². The lowest BCUT2D eigenvalue weighted by atomic mass is 10.1. The van der Waals surface area contributed by atoms with Crippen molar-refractivity contribution >= 4 is 5.69 Å². The van der Waals surface area contributed by atoms with E-state index in [1.54, 1.807) is 0 Å². The second-order valence-electron chi connectivity index (χ2n) is 4.99. The van der Waals surface area contributed by atoms with Gasteiger partial charge < -0.3 is 10.1 Å². The van der Waals surface area contributed by atoms with Gasteiger partial charge in [-0.2, -0.15) is 5.26 Å². The molecule has 0 aliphatic carbocycles. The average molecular weight is 280 g/mol. The van der Waals surface area contributed by atoms with E-state index in [2.05, 4.69) is 18.3 Å². The molecule has 0 aromatic heterocycles. The van der Waals surface area contributed by atoms with Crippen molar-refractivity contribution in [1.29, 1.82) is 5.26 Å². The lowest BCUT2D eigenvalue weighted by molar-refractivity contribution is 0.317. The van der Waals surface area contributed by atoms with Gasteiger partial charge in [-0.1, -0.05) is 36.8 Å². The molecule has 21 heavy (non-hydrogen) atoms. The van der Waals surface area contributed by atoms with E-state index in [1.165, 1.54) is 5.56 Å². The predicted molar refractivity (Wildman–Crippen MR) is 85.4 cm³/mol. The summed E-state index contributed by atoms with van der Waals surface area (Å²) in [5, 5.41) is 12.6. The van der Waals surface area contributed by atoms with Gasteiger partial charge in [-0.3, -0.25) is 0 Å². The van der Waals surface area contributed by atoms with Crippen LogP contribution in [0.1, 0.15) is 30.5 Å². The van der Waals surface area contributed by atoms with Gasteiger partial charge in [0, 0.05) is 5.69 Å². The van der Waals surface area contributed by atoms with Crippen molar-refractivity contribution in [2.24, 2.45) is 0 Å². The number of nitriles is 1. The molecule has 3 heteroatoms. The average Bonchev–Trinajstić information content (AvgIpc) is 2.53. The fourth-order valence-electron chi connectivity index (χ4n) is 1.98. The highest BCUT2D eigenvalue weighted by atomic mass is 16.5. The highest BCUT2D eigenvalue weighted by molar-refractivity contribution is 5.48. The second-order valence-corrected chi connectivity index (χ2v) is 4.99. The molecule has 0 radical (unpaired) electrons. The van der Waals surface area contributed by atoms with Gasteiger partial charge in [0.15, 0.2) is 0 Å². The minimum Gasteiger partial charge on any atom is -0.494 e. The lowest BCUT2D eigenvalue weighted by Crippen LogP contribution is -2.08. The zero-order valence-corrected chi connectivity index (χ0v) is 12.5. The van der Waals surface area contributed by atoms with Crippen LogP contribution in [-0.2, 0) is 0 Å². The predicted octanol–water partition coefficient (Wildman–Crippen LogP) is 4.46. The molecule has 0 heterocycles. The molecule has 0 bridgehead atoms. The highest BCUT2D eigenvalue weighted by Gasteiger charge is 2.10. The molecule has 0 fully saturated rings. The number of rotatable bonds is 6. The zero-order valence-electron chi connectivity index (χ0n) is 12.5. The molecule has 0 saturated heterocycles. The normalized spacial score (nSPS) is 11.5. The summed E-state index contributed by atoms with van der Waals surface area (Å²) < 4.78 is 5.55. The van der Waals surface area contributed by atoms with Gasteiger partial charge in [-0.25, -0.2) is 0 Å². The second kappa shape index (κ2) is 7.35. The van der Waals surface area contributed by atoms with E-state index in [0.717, 1.165) is 23.4 Å². The largest absolute Gasteiger partial charge is 0.494 e. The van der Waals surface area contributed by atoms with Crippen molar-refractivity contribution in [3.63, 3.8) is 0 Å². The Kier molecular flexibility index (Phi) is 5.22. The van der Waals surface area contributed by atoms with Crippen LogP contribution in [0.2, 0.25) is 0 Å². The quantitative estimate of drug-likeness (QED) is 0.849. The first-order chi connectivity index (χ1) is 10.2. The van der Waals surface area contributed by atoms with E-state index >= 15 is 0 Å². The minimum atomic E-state index is -0.368. The molecule has 2 rings (SSSR count). The molecule has 3 nitrogen and oxygen atoms in total. The van der Waals surface area contributed by atoms with Crippen molar-refractivity contribution in [1.82, 2.24) is 0 Å². The third-order valence-electron chi connectivity index (χ3n) is 3.18. The summed E-state index contributed by atoms with van der Waals surface area (Å²) in [7, 11) is 0. The van der Waals surface area contributed by atoms with Crippen LogP contribution in [0.3, 0.4) is 0 Å². The molecular weight excluding hydrogens is 260 g/mol. The van der Waals surface area contributed by atoms with Gasteiger partial charge in [0.05, 0.1) is 12.7 Å². The van der Waals surface area contributed by atoms with E-state index in [4.69, 9.17) is 4.74 Å². The highest BCUT2D eigenvalue weighted by Crippen LogP contribution is 2.22. The Morgan fingerprint density at radius 2 is 1.76 bits per heavy atom. The molecule has 0 aliphatic heterocycles. The van der Waals surface area contributed by atoms with E-state index in [0.29, 0.717) is 6.61 Å². The van der Waals surface area contributed by atoms with E-state index in [-0.39, 0.29) is 6.04 Å². The van der Waals surface area contributed by atoms with Crippen LogP contribution in [-0.4, -0.2) is 6.61 Å². The summed E-state index contributed by atoms with van der Waals surface area (Å²) in [5.74, 6) is 0.840. The number of nitrogens with zero attached hydrogens (tertiary/aromatic N) is 1. The Labute approximate surface area is 126 Å². The minimum absolute atomic E-state index is 0.368. The first-order valence-corrected chi connectivity index (χ1v) is 7.18. The molecular formula is C18H20N2O. The number of anilines is 1. The summed E-state index contributed by atoms with van der Waals surface area (Å²) in [6, 6.07) is 17.6. The Bertz CT molecular complexity index is 597. The number of aryl methyl sites for hydroxylation is 1. The van der Waals surface area contributed by atoms with E-state index < -0.39 is 0 Å². The lowest BCUT2D eigenvalue weighted by Gasteiger charge is -2.14. The Hall–Kier alpha value is -2.47. The maximum absolute atomic E-state index is 9.36. The van der Waals surface area contributed by atoms with Crippen molar-refractivity contribution in [2.45, 2.75) is 26.3 Å². The number of ether oxygens (including phenoxy) is 1. The monoisotopic (exact) mass is 280 g/mol. The Morgan fingerprint density at radius 3 is 2.33 bits per heavy atom. The van der Waals surface area contributed by atoms with Gasteiger partial charge in [0.2, 0.25) is 0 Å². The maximum atomic E-state index is 9.36. The molecule has 0 saturated carbocycles. The van der Waals surface area contributed by atoms with E-state index in [9.17, 15) is 5.26 Å². The first-order valence-electron chi connectivity index (χ1n) is 7.18. The van der Waals surface area contributed by atoms with Crippen molar-refractivity contribution in [3.8, 4) is 11.8 Å². The van der Waals surface area contributed by atoms with Crippen LogP contribution in [0, 0.1) is 18.3 Å². The van der Waals surface area contributed by atoms with Crippen LogP contribution >= 0.6 is 0 Å². The van der Waals surface area contributed by atoms with Crippen LogP contribution in [0.4, 0.5) is 5.69 Å². The summed E-state index contributed by atoms with van der Waals surface area (Å²) in [6.45, 7) is 4.83. The van der Waals surface area contributed by atoms with Gasteiger partial charge in [-0.15, -0.1) is 0 Å². The van der Waals surface area contributed by atoms with Crippen molar-refractivity contribution < 1.29 is 4.74 Å². The standard InChI is InChI=1S/C18H20N2O/c1-3-12-21-17-10-6-15(7-11-17)18(13-19)20-16-8-4-14(2)5-9-16/h4-11,18,20H,3,12H2,1-2H3. The van der Waals surface area contributed by atoms with Crippen LogP contribution in [0.25, 0.3) is 0 Å². The third kappa shape index (κ3) is 4.25. The molecule has 108 valence electrons. The number of hydrogen-bond donors (Lipinski definition) is 1. The maximum Gasteiger partial charge on any atom is 0.140 e. The van der Waals surface area contributed by atoms with E-state index in [1.807, 2.05) is 55.5 Å². The summed E-state index contributed by atoms with van der Waals surface area (Å²) in [5.41, 5.74) is 3.08. The fraction of sp³-hybridized carbons (Fsp3) is 0.278. The molecule has 0 amide bonds. The molecule has 2 aromatic rings. The first kappa shape index (κ1) is 14.9. The summed E-state index contributed by atoms with van der Waals surface area (Å²) >= 11 is 0. The number of nitrogens with one attached hydrogen (secondary N) is 1. The van der Waals surface area contributed by atoms with Gasteiger partial charge in [0.25, 0.3) is 0 Å². The fourth-order valence-corrected chi connectivity index (χ4v) is 1.98.